The summed E-state index contributed by atoms with van der Waals surface area (Å²) in [6.45, 7) is 10.4. The van der Waals surface area contributed by atoms with Crippen LogP contribution in [-0.2, 0) is 0 Å². The van der Waals surface area contributed by atoms with Gasteiger partial charge in [-0.05, 0) is 49.6 Å². The largest absolute Gasteiger partial charge is 0.349 e. The number of urea groups is 1. The number of anilines is 2. The van der Waals surface area contributed by atoms with Crippen molar-refractivity contribution in [3.8, 4) is 0 Å². The van der Waals surface area contributed by atoms with Crippen LogP contribution in [0.1, 0.15) is 37.9 Å². The van der Waals surface area contributed by atoms with E-state index >= 15 is 0 Å². The molecule has 1 aliphatic heterocycles. The average molecular weight is 353 g/mol. The van der Waals surface area contributed by atoms with E-state index < -0.39 is 0 Å². The van der Waals surface area contributed by atoms with Crippen LogP contribution in [-0.4, -0.2) is 46.8 Å². The summed E-state index contributed by atoms with van der Waals surface area (Å²) in [4.78, 5) is 16.7. The molecule has 2 aromatic rings. The van der Waals surface area contributed by atoms with Gasteiger partial charge in [-0.2, -0.15) is 5.10 Å². The van der Waals surface area contributed by atoms with Crippen molar-refractivity contribution in [2.45, 2.75) is 39.7 Å². The minimum atomic E-state index is -0.0520. The normalized spacial score (nSPS) is 17.5. The van der Waals surface area contributed by atoms with Crippen LogP contribution in [0.4, 0.5) is 16.3 Å². The van der Waals surface area contributed by atoms with Crippen molar-refractivity contribution in [2.24, 2.45) is 0 Å². The highest BCUT2D eigenvalue weighted by atomic mass is 16.2. The number of piperazine rings is 1. The lowest BCUT2D eigenvalue weighted by molar-refractivity contribution is 0.200. The van der Waals surface area contributed by atoms with E-state index in [0.717, 1.165) is 23.7 Å². The van der Waals surface area contributed by atoms with Gasteiger partial charge in [0.15, 0.2) is 5.82 Å². The first kappa shape index (κ1) is 18.2. The van der Waals surface area contributed by atoms with Gasteiger partial charge in [0, 0.05) is 31.4 Å². The molecule has 1 aromatic heterocycles. The van der Waals surface area contributed by atoms with Gasteiger partial charge in [0.25, 0.3) is 0 Å². The Morgan fingerprint density at radius 3 is 2.42 bits per heavy atom. The number of aromatic nitrogens is 2. The molecule has 1 atom stereocenters. The van der Waals surface area contributed by atoms with E-state index in [4.69, 9.17) is 0 Å². The molecule has 0 saturated carbocycles. The third-order valence-electron chi connectivity index (χ3n) is 4.82. The number of nitrogens with zero attached hydrogens (tertiary/aromatic N) is 4. The van der Waals surface area contributed by atoms with Gasteiger partial charge in [-0.3, -0.25) is 0 Å². The Labute approximate surface area is 155 Å². The topological polar surface area (TPSA) is 61.4 Å². The second kappa shape index (κ2) is 7.72. The molecular weight excluding hydrogens is 326 g/mol. The fourth-order valence-corrected chi connectivity index (χ4v) is 3.18. The Kier molecular flexibility index (Phi) is 5.40. The zero-order valence-corrected chi connectivity index (χ0v) is 15.9. The van der Waals surface area contributed by atoms with Gasteiger partial charge in [-0.1, -0.05) is 26.0 Å². The Balaban J connectivity index is 1.59. The predicted octanol–water partition coefficient (Wildman–Crippen LogP) is 3.65. The van der Waals surface area contributed by atoms with Crippen molar-refractivity contribution < 1.29 is 4.79 Å². The molecule has 6 heteroatoms. The van der Waals surface area contributed by atoms with Crippen LogP contribution in [0.25, 0.3) is 0 Å². The minimum Gasteiger partial charge on any atom is -0.349 e. The Morgan fingerprint density at radius 1 is 1.12 bits per heavy atom. The molecule has 6 nitrogen and oxygen atoms in total. The molecule has 0 spiro atoms. The molecule has 1 fully saturated rings. The first-order valence-electron chi connectivity index (χ1n) is 9.17. The van der Waals surface area contributed by atoms with Gasteiger partial charge in [0.05, 0.1) is 5.69 Å². The van der Waals surface area contributed by atoms with Gasteiger partial charge in [-0.25, -0.2) is 4.79 Å². The van der Waals surface area contributed by atoms with E-state index in [-0.39, 0.29) is 12.1 Å². The average Bonchev–Trinajstić information content (AvgIpc) is 2.63. The first-order chi connectivity index (χ1) is 12.4. The molecule has 1 aromatic carbocycles. The SMILES string of the molecule is Cc1ccc(N2CCN(C(=O)Nc3ccc(C(C)C)cc3)C[C@H]2C)nn1. The first-order valence-corrected chi connectivity index (χ1v) is 9.17. The van der Waals surface area contributed by atoms with E-state index in [1.807, 2.05) is 36.1 Å². The highest BCUT2D eigenvalue weighted by Crippen LogP contribution is 2.20. The van der Waals surface area contributed by atoms with Gasteiger partial charge in [0.2, 0.25) is 0 Å². The fourth-order valence-electron chi connectivity index (χ4n) is 3.18. The molecule has 0 unspecified atom stereocenters. The van der Waals surface area contributed by atoms with E-state index in [2.05, 4.69) is 53.3 Å². The van der Waals surface area contributed by atoms with E-state index in [1.165, 1.54) is 5.56 Å². The zero-order chi connectivity index (χ0) is 18.7. The maximum atomic E-state index is 12.6. The molecule has 0 aliphatic carbocycles. The van der Waals surface area contributed by atoms with E-state index in [9.17, 15) is 4.79 Å². The summed E-state index contributed by atoms with van der Waals surface area (Å²) in [5, 5.41) is 11.4. The number of nitrogens with one attached hydrogen (secondary N) is 1. The molecule has 138 valence electrons. The van der Waals surface area contributed by atoms with Crippen LogP contribution in [0.15, 0.2) is 36.4 Å². The monoisotopic (exact) mass is 353 g/mol. The predicted molar refractivity (Wildman–Crippen MR) is 105 cm³/mol. The van der Waals surface area contributed by atoms with Gasteiger partial charge in [-0.15, -0.1) is 5.10 Å². The summed E-state index contributed by atoms with van der Waals surface area (Å²) < 4.78 is 0. The standard InChI is InChI=1S/C20H27N5O/c1-14(2)17-6-8-18(9-7-17)21-20(26)24-11-12-25(16(4)13-24)19-10-5-15(3)22-23-19/h5-10,14,16H,11-13H2,1-4H3,(H,21,26)/t16-/m1/s1. The molecule has 2 heterocycles. The smallest absolute Gasteiger partial charge is 0.321 e. The maximum Gasteiger partial charge on any atom is 0.321 e. The molecule has 1 saturated heterocycles. The molecule has 3 rings (SSSR count). The van der Waals surface area contributed by atoms with Crippen molar-refractivity contribution in [1.29, 1.82) is 0 Å². The Hall–Kier alpha value is -2.63. The lowest BCUT2D eigenvalue weighted by Gasteiger charge is -2.40. The molecule has 0 radical (unpaired) electrons. The maximum absolute atomic E-state index is 12.6. The lowest BCUT2D eigenvalue weighted by Crippen LogP contribution is -2.55. The number of aryl methyl sites for hydroxylation is 1. The number of hydrogen-bond acceptors (Lipinski definition) is 4. The van der Waals surface area contributed by atoms with Crippen LogP contribution in [0.2, 0.25) is 0 Å². The van der Waals surface area contributed by atoms with Crippen LogP contribution >= 0.6 is 0 Å². The fraction of sp³-hybridized carbons (Fsp3) is 0.450. The van der Waals surface area contributed by atoms with Gasteiger partial charge < -0.3 is 15.1 Å². The number of benzene rings is 1. The third-order valence-corrected chi connectivity index (χ3v) is 4.82. The molecule has 1 aliphatic rings. The summed E-state index contributed by atoms with van der Waals surface area (Å²) in [5.41, 5.74) is 3.01. The second-order valence-corrected chi connectivity index (χ2v) is 7.23. The zero-order valence-electron chi connectivity index (χ0n) is 15.9. The summed E-state index contributed by atoms with van der Waals surface area (Å²) >= 11 is 0. The van der Waals surface area contributed by atoms with Crippen LogP contribution in [0.5, 0.6) is 0 Å². The number of hydrogen-bond donors (Lipinski definition) is 1. The number of carbonyl (C=O) groups is 1. The highest BCUT2D eigenvalue weighted by Gasteiger charge is 2.27. The lowest BCUT2D eigenvalue weighted by atomic mass is 10.0. The van der Waals surface area contributed by atoms with Crippen molar-refractivity contribution in [3.63, 3.8) is 0 Å². The second-order valence-electron chi connectivity index (χ2n) is 7.23. The summed E-state index contributed by atoms with van der Waals surface area (Å²) in [5.74, 6) is 1.35. The number of carbonyl (C=O) groups excluding carboxylic acids is 1. The van der Waals surface area contributed by atoms with Crippen LogP contribution in [0, 0.1) is 6.92 Å². The summed E-state index contributed by atoms with van der Waals surface area (Å²) in [6.07, 6.45) is 0. The number of rotatable bonds is 3. The molecular formula is C20H27N5O. The van der Waals surface area contributed by atoms with E-state index in [1.54, 1.807) is 0 Å². The van der Waals surface area contributed by atoms with Crippen LogP contribution in [0.3, 0.4) is 0 Å². The van der Waals surface area contributed by atoms with Gasteiger partial charge in [0.1, 0.15) is 0 Å². The molecule has 1 N–H and O–H groups in total. The quantitative estimate of drug-likeness (QED) is 0.915. The molecule has 0 bridgehead atoms. The van der Waals surface area contributed by atoms with E-state index in [0.29, 0.717) is 19.0 Å². The minimum absolute atomic E-state index is 0.0520. The highest BCUT2D eigenvalue weighted by molar-refractivity contribution is 5.89. The third kappa shape index (κ3) is 4.12. The van der Waals surface area contributed by atoms with Crippen molar-refractivity contribution in [1.82, 2.24) is 15.1 Å². The summed E-state index contributed by atoms with van der Waals surface area (Å²) in [6, 6.07) is 12.2. The van der Waals surface area contributed by atoms with Crippen molar-refractivity contribution in [2.75, 3.05) is 29.9 Å². The van der Waals surface area contributed by atoms with Crippen LogP contribution < -0.4 is 10.2 Å². The van der Waals surface area contributed by atoms with Gasteiger partial charge >= 0.3 is 6.03 Å². The summed E-state index contributed by atoms with van der Waals surface area (Å²) in [7, 11) is 0. The van der Waals surface area contributed by atoms with Crippen molar-refractivity contribution >= 4 is 17.5 Å². The Morgan fingerprint density at radius 2 is 1.85 bits per heavy atom. The Bertz CT molecular complexity index is 742. The van der Waals surface area contributed by atoms with Crippen molar-refractivity contribution in [3.05, 3.63) is 47.7 Å². The number of amides is 2. The molecule has 2 amide bonds. The molecule has 26 heavy (non-hydrogen) atoms.